The summed E-state index contributed by atoms with van der Waals surface area (Å²) in [5, 5.41) is 2.88. The van der Waals surface area contributed by atoms with Crippen molar-refractivity contribution < 1.29 is 26.4 Å². The van der Waals surface area contributed by atoms with Crippen molar-refractivity contribution in [2.45, 2.75) is 31.0 Å². The highest BCUT2D eigenvalue weighted by molar-refractivity contribution is 7.92. The first-order valence-corrected chi connectivity index (χ1v) is 13.6. The van der Waals surface area contributed by atoms with Crippen LogP contribution in [0.1, 0.15) is 33.9 Å². The lowest BCUT2D eigenvalue weighted by molar-refractivity contribution is -0.137. The number of halogens is 3. The number of nitrogens with zero attached hydrogens (tertiary/aromatic N) is 1. The molecular weight excluding hydrogens is 525 g/mol. The van der Waals surface area contributed by atoms with Gasteiger partial charge in [-0.3, -0.25) is 9.10 Å². The number of carbonyl (C=O) groups is 1. The van der Waals surface area contributed by atoms with E-state index >= 15 is 0 Å². The molecule has 1 atom stereocenters. The first-order chi connectivity index (χ1) is 18.4. The molecule has 0 fully saturated rings. The van der Waals surface area contributed by atoms with Gasteiger partial charge in [0.15, 0.2) is 0 Å². The minimum Gasteiger partial charge on any atom is -0.344 e. The molecule has 0 spiro atoms. The van der Waals surface area contributed by atoms with Gasteiger partial charge in [0.25, 0.3) is 10.0 Å². The van der Waals surface area contributed by atoms with Gasteiger partial charge in [-0.05, 0) is 55.3 Å². The van der Waals surface area contributed by atoms with Crippen LogP contribution in [0.3, 0.4) is 0 Å². The van der Waals surface area contributed by atoms with Gasteiger partial charge in [-0.2, -0.15) is 13.2 Å². The van der Waals surface area contributed by atoms with E-state index < -0.39 is 40.3 Å². The second kappa shape index (κ2) is 11.3. The molecule has 9 heteroatoms. The third-order valence-electron chi connectivity index (χ3n) is 6.21. The van der Waals surface area contributed by atoms with Crippen LogP contribution >= 0.6 is 0 Å². The molecule has 0 aromatic heterocycles. The zero-order valence-corrected chi connectivity index (χ0v) is 22.1. The summed E-state index contributed by atoms with van der Waals surface area (Å²) in [7, 11) is -4.39. The van der Waals surface area contributed by atoms with E-state index in [1.165, 1.54) is 18.2 Å². The average Bonchev–Trinajstić information content (AvgIpc) is 2.91. The Kier molecular flexibility index (Phi) is 8.11. The molecular formula is C30H27F3N2O3S. The number of sulfonamides is 1. The zero-order chi connectivity index (χ0) is 28.2. The van der Waals surface area contributed by atoms with Gasteiger partial charge in [0.05, 0.1) is 22.2 Å². The molecule has 0 aliphatic heterocycles. The molecule has 0 aliphatic rings. The molecule has 4 aromatic carbocycles. The Labute approximate surface area is 226 Å². The normalized spacial score (nSPS) is 12.5. The van der Waals surface area contributed by atoms with Gasteiger partial charge in [-0.25, -0.2) is 8.42 Å². The lowest BCUT2D eigenvalue weighted by atomic mass is 9.98. The Hall–Kier alpha value is -4.11. The molecule has 5 nitrogen and oxygen atoms in total. The molecule has 1 amide bonds. The highest BCUT2D eigenvalue weighted by Crippen LogP contribution is 2.33. The second-order valence-electron chi connectivity index (χ2n) is 9.19. The Morgan fingerprint density at radius 1 is 0.795 bits per heavy atom. The number of benzene rings is 4. The first kappa shape index (κ1) is 27.9. The molecule has 1 N–H and O–H groups in total. The van der Waals surface area contributed by atoms with Crippen molar-refractivity contribution in [3.63, 3.8) is 0 Å². The summed E-state index contributed by atoms with van der Waals surface area (Å²) in [6.07, 6.45) is -4.69. The predicted molar refractivity (Wildman–Crippen MR) is 145 cm³/mol. The van der Waals surface area contributed by atoms with Crippen molar-refractivity contribution in [2.75, 3.05) is 10.8 Å². The first-order valence-electron chi connectivity index (χ1n) is 12.1. The zero-order valence-electron chi connectivity index (χ0n) is 21.3. The van der Waals surface area contributed by atoms with E-state index in [-0.39, 0.29) is 10.6 Å². The van der Waals surface area contributed by atoms with Crippen LogP contribution in [0.2, 0.25) is 0 Å². The molecule has 0 aliphatic carbocycles. The number of carbonyl (C=O) groups excluding carboxylic acids is 1. The van der Waals surface area contributed by atoms with Crippen molar-refractivity contribution >= 4 is 21.6 Å². The van der Waals surface area contributed by atoms with E-state index in [4.69, 9.17) is 0 Å². The van der Waals surface area contributed by atoms with Crippen LogP contribution in [-0.4, -0.2) is 20.9 Å². The Bertz CT molecular complexity index is 1540. The summed E-state index contributed by atoms with van der Waals surface area (Å²) >= 11 is 0. The molecule has 39 heavy (non-hydrogen) atoms. The largest absolute Gasteiger partial charge is 0.416 e. The molecule has 0 bridgehead atoms. The summed E-state index contributed by atoms with van der Waals surface area (Å²) in [5.74, 6) is -0.683. The summed E-state index contributed by atoms with van der Waals surface area (Å²) in [6, 6.07) is 25.9. The van der Waals surface area contributed by atoms with Crippen LogP contribution in [0, 0.1) is 13.8 Å². The van der Waals surface area contributed by atoms with Crippen molar-refractivity contribution in [3.8, 4) is 0 Å². The maximum Gasteiger partial charge on any atom is 0.416 e. The third-order valence-corrected chi connectivity index (χ3v) is 7.99. The van der Waals surface area contributed by atoms with E-state index in [1.54, 1.807) is 19.1 Å². The van der Waals surface area contributed by atoms with Crippen LogP contribution < -0.4 is 9.62 Å². The number of amides is 1. The number of nitrogens with one attached hydrogen (secondary N) is 1. The minimum absolute atomic E-state index is 0.142. The highest BCUT2D eigenvalue weighted by atomic mass is 32.2. The Morgan fingerprint density at radius 3 is 1.95 bits per heavy atom. The molecule has 0 saturated heterocycles. The van der Waals surface area contributed by atoms with Crippen molar-refractivity contribution in [1.29, 1.82) is 0 Å². The number of aryl methyl sites for hydroxylation is 2. The van der Waals surface area contributed by atoms with E-state index in [0.717, 1.165) is 40.5 Å². The average molecular weight is 553 g/mol. The monoisotopic (exact) mass is 552 g/mol. The van der Waals surface area contributed by atoms with Gasteiger partial charge in [0.1, 0.15) is 6.54 Å². The van der Waals surface area contributed by atoms with Crippen LogP contribution in [0.25, 0.3) is 0 Å². The molecule has 202 valence electrons. The van der Waals surface area contributed by atoms with E-state index in [9.17, 15) is 26.4 Å². The SMILES string of the molecule is Cc1ccc([C@@H](NC(=O)CN(c2cccc(C(F)(F)F)c2)S(=O)(=O)c2ccc(C)cc2)c2ccccc2)cc1. The third kappa shape index (κ3) is 6.67. The fraction of sp³-hybridized carbons (Fsp3) is 0.167. The lowest BCUT2D eigenvalue weighted by Gasteiger charge is -2.27. The molecule has 0 heterocycles. The lowest BCUT2D eigenvalue weighted by Crippen LogP contribution is -2.42. The van der Waals surface area contributed by atoms with Crippen LogP contribution in [-0.2, 0) is 21.0 Å². The van der Waals surface area contributed by atoms with E-state index in [1.807, 2.05) is 61.5 Å². The minimum atomic E-state index is -4.69. The number of alkyl halides is 3. The molecule has 0 radical (unpaired) electrons. The van der Waals surface area contributed by atoms with Gasteiger partial charge in [0.2, 0.25) is 5.91 Å². The number of hydrogen-bond donors (Lipinski definition) is 1. The molecule has 0 saturated carbocycles. The topological polar surface area (TPSA) is 66.5 Å². The van der Waals surface area contributed by atoms with Crippen molar-refractivity contribution in [2.24, 2.45) is 0 Å². The van der Waals surface area contributed by atoms with Gasteiger partial charge < -0.3 is 5.32 Å². The quantitative estimate of drug-likeness (QED) is 0.274. The predicted octanol–water partition coefficient (Wildman–Crippen LogP) is 6.42. The second-order valence-corrected chi connectivity index (χ2v) is 11.1. The van der Waals surface area contributed by atoms with Gasteiger partial charge in [-0.1, -0.05) is 83.9 Å². The number of hydrogen-bond acceptors (Lipinski definition) is 3. The summed E-state index contributed by atoms with van der Waals surface area (Å²) < 4.78 is 68.5. The number of rotatable bonds is 8. The van der Waals surface area contributed by atoms with Gasteiger partial charge >= 0.3 is 6.18 Å². The van der Waals surface area contributed by atoms with Crippen LogP contribution in [0.5, 0.6) is 0 Å². The highest BCUT2D eigenvalue weighted by Gasteiger charge is 2.33. The molecule has 0 unspecified atom stereocenters. The van der Waals surface area contributed by atoms with Gasteiger partial charge in [0, 0.05) is 0 Å². The standard InChI is InChI=1S/C30H27F3N2O3S/c1-21-11-15-24(16-12-21)29(23-7-4-3-5-8-23)34-28(36)20-35(26-10-6-9-25(19-26)30(31,32)33)39(37,38)27-17-13-22(2)14-18-27/h3-19,29H,20H2,1-2H3,(H,34,36)/t29-/m0/s1. The summed E-state index contributed by atoms with van der Waals surface area (Å²) in [4.78, 5) is 13.3. The maximum absolute atomic E-state index is 13.7. The Balaban J connectivity index is 1.73. The molecule has 4 aromatic rings. The van der Waals surface area contributed by atoms with Crippen molar-refractivity contribution in [1.82, 2.24) is 5.32 Å². The summed E-state index contributed by atoms with van der Waals surface area (Å²) in [6.45, 7) is 2.98. The number of anilines is 1. The fourth-order valence-electron chi connectivity index (χ4n) is 4.09. The smallest absolute Gasteiger partial charge is 0.344 e. The van der Waals surface area contributed by atoms with E-state index in [0.29, 0.717) is 4.31 Å². The van der Waals surface area contributed by atoms with Crippen LogP contribution in [0.15, 0.2) is 108 Å². The van der Waals surface area contributed by atoms with Gasteiger partial charge in [-0.15, -0.1) is 0 Å². The summed E-state index contributed by atoms with van der Waals surface area (Å²) in [5.41, 5.74) is 2.07. The molecule has 4 rings (SSSR count). The van der Waals surface area contributed by atoms with E-state index in [2.05, 4.69) is 5.32 Å². The fourth-order valence-corrected chi connectivity index (χ4v) is 5.50. The van der Waals surface area contributed by atoms with Crippen LogP contribution in [0.4, 0.5) is 18.9 Å². The Morgan fingerprint density at radius 2 is 1.36 bits per heavy atom. The van der Waals surface area contributed by atoms with Crippen molar-refractivity contribution in [3.05, 3.63) is 131 Å². The maximum atomic E-state index is 13.7.